The van der Waals surface area contributed by atoms with Crippen LogP contribution in [0, 0.1) is 0 Å². The van der Waals surface area contributed by atoms with Gasteiger partial charge in [-0.2, -0.15) is 4.98 Å². The van der Waals surface area contributed by atoms with Crippen molar-refractivity contribution in [3.63, 3.8) is 0 Å². The molecule has 7 heteroatoms. The fourth-order valence-corrected chi connectivity index (χ4v) is 2.30. The zero-order chi connectivity index (χ0) is 14.0. The van der Waals surface area contributed by atoms with E-state index in [0.717, 1.165) is 12.8 Å². The molecular weight excluding hydrogens is 314 g/mol. The molecule has 1 aromatic heterocycles. The van der Waals surface area contributed by atoms with Crippen molar-refractivity contribution in [2.75, 3.05) is 13.1 Å². The van der Waals surface area contributed by atoms with Crippen molar-refractivity contribution in [1.82, 2.24) is 15.0 Å². The second kappa shape index (κ2) is 5.48. The van der Waals surface area contributed by atoms with Crippen molar-refractivity contribution >= 4 is 22.0 Å². The SMILES string of the molecule is CC(C)(C)OC(=O)N1CCCC(c2nc(Br)no2)C1. The van der Waals surface area contributed by atoms with E-state index < -0.39 is 5.60 Å². The van der Waals surface area contributed by atoms with Crippen molar-refractivity contribution in [3.8, 4) is 0 Å². The van der Waals surface area contributed by atoms with Gasteiger partial charge in [-0.25, -0.2) is 4.79 Å². The second-order valence-electron chi connectivity index (χ2n) is 5.67. The highest BCUT2D eigenvalue weighted by atomic mass is 79.9. The van der Waals surface area contributed by atoms with E-state index in [2.05, 4.69) is 26.1 Å². The topological polar surface area (TPSA) is 68.5 Å². The van der Waals surface area contributed by atoms with E-state index in [1.54, 1.807) is 4.90 Å². The molecule has 2 rings (SSSR count). The standard InChI is InChI=1S/C12H18BrN3O3/c1-12(2,3)18-11(17)16-6-4-5-8(7-16)9-14-10(13)15-19-9/h8H,4-7H2,1-3H3. The first-order valence-corrected chi connectivity index (χ1v) is 7.11. The average molecular weight is 332 g/mol. The molecule has 6 nitrogen and oxygen atoms in total. The molecule has 0 aliphatic carbocycles. The van der Waals surface area contributed by atoms with Crippen LogP contribution in [0.15, 0.2) is 9.26 Å². The fourth-order valence-electron chi connectivity index (χ4n) is 2.05. The highest BCUT2D eigenvalue weighted by molar-refractivity contribution is 9.10. The maximum absolute atomic E-state index is 12.0. The first kappa shape index (κ1) is 14.3. The second-order valence-corrected chi connectivity index (χ2v) is 6.38. The number of halogens is 1. The van der Waals surface area contributed by atoms with Crippen molar-refractivity contribution < 1.29 is 14.1 Å². The highest BCUT2D eigenvalue weighted by Gasteiger charge is 2.30. The third-order valence-corrected chi connectivity index (χ3v) is 3.16. The summed E-state index contributed by atoms with van der Waals surface area (Å²) in [5.41, 5.74) is -0.475. The molecule has 1 aromatic rings. The Bertz CT molecular complexity index is 455. The van der Waals surface area contributed by atoms with Crippen LogP contribution in [0.1, 0.15) is 45.4 Å². The average Bonchev–Trinajstić information content (AvgIpc) is 2.74. The van der Waals surface area contributed by atoms with Crippen LogP contribution in [0.3, 0.4) is 0 Å². The van der Waals surface area contributed by atoms with Gasteiger partial charge in [0.2, 0.25) is 10.6 Å². The van der Waals surface area contributed by atoms with E-state index in [0.29, 0.717) is 23.7 Å². The maximum atomic E-state index is 12.0. The number of aromatic nitrogens is 2. The zero-order valence-electron chi connectivity index (χ0n) is 11.4. The minimum Gasteiger partial charge on any atom is -0.444 e. The molecule has 1 aliphatic rings. The van der Waals surface area contributed by atoms with Gasteiger partial charge in [0.1, 0.15) is 5.60 Å². The van der Waals surface area contributed by atoms with Crippen LogP contribution in [0.25, 0.3) is 0 Å². The molecule has 1 aliphatic heterocycles. The smallest absolute Gasteiger partial charge is 0.410 e. The van der Waals surface area contributed by atoms with Gasteiger partial charge in [-0.05, 0) is 54.7 Å². The van der Waals surface area contributed by atoms with Crippen molar-refractivity contribution in [1.29, 1.82) is 0 Å². The number of hydrogen-bond donors (Lipinski definition) is 0. The molecule has 2 heterocycles. The number of rotatable bonds is 1. The van der Waals surface area contributed by atoms with Crippen molar-refractivity contribution in [3.05, 3.63) is 10.6 Å². The third-order valence-electron chi connectivity index (χ3n) is 2.84. The molecule has 1 unspecified atom stereocenters. The van der Waals surface area contributed by atoms with Gasteiger partial charge in [-0.1, -0.05) is 0 Å². The number of likely N-dealkylation sites (tertiary alicyclic amines) is 1. The molecule has 106 valence electrons. The number of carbonyl (C=O) groups is 1. The van der Waals surface area contributed by atoms with E-state index >= 15 is 0 Å². The lowest BCUT2D eigenvalue weighted by Gasteiger charge is -2.32. The van der Waals surface area contributed by atoms with E-state index in [1.165, 1.54) is 0 Å². The third kappa shape index (κ3) is 3.92. The summed E-state index contributed by atoms with van der Waals surface area (Å²) >= 11 is 3.16. The first-order valence-electron chi connectivity index (χ1n) is 6.32. The Labute approximate surface area is 120 Å². The molecule has 0 N–H and O–H groups in total. The predicted molar refractivity (Wildman–Crippen MR) is 71.8 cm³/mol. The molecule has 1 atom stereocenters. The Hall–Kier alpha value is -1.11. The number of ether oxygens (including phenoxy) is 1. The number of hydrogen-bond acceptors (Lipinski definition) is 5. The minimum absolute atomic E-state index is 0.0834. The van der Waals surface area contributed by atoms with Crippen LogP contribution in [-0.2, 0) is 4.74 Å². The monoisotopic (exact) mass is 331 g/mol. The van der Waals surface area contributed by atoms with E-state index in [9.17, 15) is 4.79 Å². The van der Waals surface area contributed by atoms with Gasteiger partial charge in [-0.15, -0.1) is 0 Å². The van der Waals surface area contributed by atoms with Crippen LogP contribution >= 0.6 is 15.9 Å². The maximum Gasteiger partial charge on any atom is 0.410 e. The minimum atomic E-state index is -0.475. The molecule has 1 amide bonds. The van der Waals surface area contributed by atoms with E-state index in [4.69, 9.17) is 9.26 Å². The predicted octanol–water partition coefficient (Wildman–Crippen LogP) is 2.95. The van der Waals surface area contributed by atoms with Gasteiger partial charge < -0.3 is 14.2 Å². The lowest BCUT2D eigenvalue weighted by atomic mass is 9.98. The fraction of sp³-hybridized carbons (Fsp3) is 0.750. The number of carbonyl (C=O) groups excluding carboxylic acids is 1. The van der Waals surface area contributed by atoms with Gasteiger partial charge in [0.15, 0.2) is 0 Å². The molecule has 0 aromatic carbocycles. The Morgan fingerprint density at radius 3 is 2.84 bits per heavy atom. The van der Waals surface area contributed by atoms with Crippen LogP contribution in [0.5, 0.6) is 0 Å². The van der Waals surface area contributed by atoms with Crippen molar-refractivity contribution in [2.24, 2.45) is 0 Å². The number of nitrogens with zero attached hydrogens (tertiary/aromatic N) is 3. The lowest BCUT2D eigenvalue weighted by molar-refractivity contribution is 0.0189. The summed E-state index contributed by atoms with van der Waals surface area (Å²) < 4.78 is 11.0. The molecular formula is C12H18BrN3O3. The molecule has 1 fully saturated rings. The van der Waals surface area contributed by atoms with Gasteiger partial charge in [0, 0.05) is 13.1 Å². The molecule has 0 radical (unpaired) electrons. The van der Waals surface area contributed by atoms with Gasteiger partial charge in [0.05, 0.1) is 5.92 Å². The van der Waals surface area contributed by atoms with Crippen LogP contribution in [-0.4, -0.2) is 39.8 Å². The van der Waals surface area contributed by atoms with Crippen LogP contribution in [0.2, 0.25) is 0 Å². The molecule has 0 saturated carbocycles. The lowest BCUT2D eigenvalue weighted by Crippen LogP contribution is -2.42. The summed E-state index contributed by atoms with van der Waals surface area (Å²) in [6.07, 6.45) is 1.56. The summed E-state index contributed by atoms with van der Waals surface area (Å²) in [4.78, 5) is 17.9. The van der Waals surface area contributed by atoms with E-state index in [-0.39, 0.29) is 12.0 Å². The first-order chi connectivity index (χ1) is 8.85. The Morgan fingerprint density at radius 2 is 2.26 bits per heavy atom. The Balaban J connectivity index is 1.99. The summed E-state index contributed by atoms with van der Waals surface area (Å²) in [6, 6.07) is 0. The Morgan fingerprint density at radius 1 is 1.53 bits per heavy atom. The molecule has 19 heavy (non-hydrogen) atoms. The molecule has 0 spiro atoms. The van der Waals surface area contributed by atoms with E-state index in [1.807, 2.05) is 20.8 Å². The summed E-state index contributed by atoms with van der Waals surface area (Å²) in [6.45, 7) is 6.86. The Kier molecular flexibility index (Phi) is 4.13. The summed E-state index contributed by atoms with van der Waals surface area (Å²) in [5, 5.41) is 3.72. The number of amides is 1. The zero-order valence-corrected chi connectivity index (χ0v) is 12.9. The summed E-state index contributed by atoms with van der Waals surface area (Å²) in [7, 11) is 0. The van der Waals surface area contributed by atoms with Gasteiger partial charge in [-0.3, -0.25) is 0 Å². The summed E-state index contributed by atoms with van der Waals surface area (Å²) in [5.74, 6) is 0.653. The normalized spacial score (nSPS) is 20.4. The van der Waals surface area contributed by atoms with Gasteiger partial charge in [0.25, 0.3) is 0 Å². The van der Waals surface area contributed by atoms with Crippen molar-refractivity contribution in [2.45, 2.75) is 45.1 Å². The molecule has 0 bridgehead atoms. The molecule has 1 saturated heterocycles. The van der Waals surface area contributed by atoms with Crippen LogP contribution < -0.4 is 0 Å². The highest BCUT2D eigenvalue weighted by Crippen LogP contribution is 2.27. The quantitative estimate of drug-likeness (QED) is 0.791. The number of piperidine rings is 1. The largest absolute Gasteiger partial charge is 0.444 e. The van der Waals surface area contributed by atoms with Gasteiger partial charge >= 0.3 is 6.09 Å². The van der Waals surface area contributed by atoms with Crippen LogP contribution in [0.4, 0.5) is 4.79 Å².